The van der Waals surface area contributed by atoms with Crippen LogP contribution in [-0.4, -0.2) is 51.9 Å². The molecular formula is C22H32IN7O3. The number of carbonyl (C=O) groups excluding carboxylic acids is 1. The number of fused-ring (bicyclic) bond motifs is 2. The Morgan fingerprint density at radius 1 is 1.15 bits per heavy atom. The number of nitrogens with zero attached hydrogens (tertiary/aromatic N) is 4. The SMILES string of the molecule is CC(C)(C)NC(=O)CNC(=NCc1nnc2n1CCC2)Nc1ccc2c(c1)OCCCO2.I. The molecule has 0 fully saturated rings. The van der Waals surface area contributed by atoms with Crippen LogP contribution in [0.25, 0.3) is 0 Å². The van der Waals surface area contributed by atoms with Gasteiger partial charge in [0.2, 0.25) is 5.91 Å². The summed E-state index contributed by atoms with van der Waals surface area (Å²) in [5.74, 6) is 3.59. The summed E-state index contributed by atoms with van der Waals surface area (Å²) in [5.41, 5.74) is 0.475. The number of benzene rings is 1. The number of nitrogens with one attached hydrogen (secondary N) is 3. The highest BCUT2D eigenvalue weighted by Gasteiger charge is 2.18. The molecule has 2 aliphatic heterocycles. The Bertz CT molecular complexity index is 1000. The fraction of sp³-hybridized carbons (Fsp3) is 0.545. The molecule has 3 N–H and O–H groups in total. The van der Waals surface area contributed by atoms with Gasteiger partial charge in [-0.15, -0.1) is 34.2 Å². The number of ether oxygens (including phenoxy) is 2. The van der Waals surface area contributed by atoms with Gasteiger partial charge in [-0.1, -0.05) is 0 Å². The van der Waals surface area contributed by atoms with Crippen LogP contribution in [0.1, 0.15) is 45.3 Å². The van der Waals surface area contributed by atoms with Crippen molar-refractivity contribution in [2.24, 2.45) is 4.99 Å². The highest BCUT2D eigenvalue weighted by molar-refractivity contribution is 14.0. The second-order valence-corrected chi connectivity index (χ2v) is 8.94. The lowest BCUT2D eigenvalue weighted by atomic mass is 10.1. The Morgan fingerprint density at radius 3 is 2.73 bits per heavy atom. The third-order valence-electron chi connectivity index (χ3n) is 5.01. The van der Waals surface area contributed by atoms with E-state index in [4.69, 9.17) is 9.47 Å². The molecule has 0 aliphatic carbocycles. The van der Waals surface area contributed by atoms with Gasteiger partial charge in [-0.05, 0) is 39.3 Å². The van der Waals surface area contributed by atoms with E-state index in [2.05, 4.69) is 35.7 Å². The highest BCUT2D eigenvalue weighted by Crippen LogP contribution is 2.32. The van der Waals surface area contributed by atoms with E-state index in [1.165, 1.54) is 0 Å². The molecule has 1 amide bonds. The van der Waals surface area contributed by atoms with Crippen molar-refractivity contribution in [3.05, 3.63) is 29.8 Å². The molecule has 0 saturated carbocycles. The number of halogens is 1. The van der Waals surface area contributed by atoms with Gasteiger partial charge in [-0.2, -0.15) is 0 Å². The van der Waals surface area contributed by atoms with E-state index >= 15 is 0 Å². The van der Waals surface area contributed by atoms with E-state index in [1.807, 2.05) is 39.0 Å². The number of guanidine groups is 1. The largest absolute Gasteiger partial charge is 0.490 e. The standard InChI is InChI=1S/C22H31N7O3.HI/c1-22(2,3)26-20(30)14-24-21(23-13-19-28-27-18-6-4-9-29(18)19)25-15-7-8-16-17(12-15)32-11-5-10-31-16;/h7-8,12H,4-6,9-11,13-14H2,1-3H3,(H,26,30)(H2,23,24,25);1H. The van der Waals surface area contributed by atoms with Crippen LogP contribution in [0, 0.1) is 0 Å². The minimum absolute atomic E-state index is 0. The van der Waals surface area contributed by atoms with Gasteiger partial charge >= 0.3 is 0 Å². The summed E-state index contributed by atoms with van der Waals surface area (Å²) in [6.45, 7) is 8.45. The van der Waals surface area contributed by atoms with E-state index in [0.717, 1.165) is 48.9 Å². The Kier molecular flexibility index (Phi) is 8.38. The first-order valence-electron chi connectivity index (χ1n) is 11.0. The van der Waals surface area contributed by atoms with Gasteiger partial charge in [-0.3, -0.25) is 4.79 Å². The predicted octanol–water partition coefficient (Wildman–Crippen LogP) is 2.48. The van der Waals surface area contributed by atoms with E-state index in [9.17, 15) is 4.79 Å². The molecule has 0 spiro atoms. The van der Waals surface area contributed by atoms with Crippen molar-refractivity contribution in [1.29, 1.82) is 0 Å². The molecule has 2 aromatic rings. The zero-order valence-electron chi connectivity index (χ0n) is 19.3. The fourth-order valence-corrected chi connectivity index (χ4v) is 3.62. The van der Waals surface area contributed by atoms with Crippen LogP contribution in [0.2, 0.25) is 0 Å². The Hall–Kier alpha value is -2.57. The molecule has 33 heavy (non-hydrogen) atoms. The molecule has 1 aromatic heterocycles. The van der Waals surface area contributed by atoms with Crippen molar-refractivity contribution in [2.75, 3.05) is 25.1 Å². The molecule has 0 bridgehead atoms. The van der Waals surface area contributed by atoms with Crippen molar-refractivity contribution < 1.29 is 14.3 Å². The van der Waals surface area contributed by atoms with Gasteiger partial charge < -0.3 is 30.0 Å². The normalized spacial score (nSPS) is 15.2. The third-order valence-corrected chi connectivity index (χ3v) is 5.01. The summed E-state index contributed by atoms with van der Waals surface area (Å²) in [6.07, 6.45) is 2.87. The average Bonchev–Trinajstić information content (AvgIpc) is 3.26. The summed E-state index contributed by atoms with van der Waals surface area (Å²) < 4.78 is 13.6. The number of aromatic nitrogens is 3. The Labute approximate surface area is 210 Å². The van der Waals surface area contributed by atoms with Crippen LogP contribution >= 0.6 is 24.0 Å². The van der Waals surface area contributed by atoms with Crippen LogP contribution in [-0.2, 0) is 24.3 Å². The monoisotopic (exact) mass is 569 g/mol. The molecule has 0 saturated heterocycles. The molecule has 0 atom stereocenters. The first-order valence-corrected chi connectivity index (χ1v) is 11.0. The minimum atomic E-state index is -0.306. The first-order chi connectivity index (χ1) is 15.4. The third kappa shape index (κ3) is 6.95. The summed E-state index contributed by atoms with van der Waals surface area (Å²) in [4.78, 5) is 17.0. The van der Waals surface area contributed by atoms with Gasteiger partial charge in [0, 0.05) is 36.7 Å². The van der Waals surface area contributed by atoms with E-state index in [-0.39, 0.29) is 42.0 Å². The Morgan fingerprint density at radius 2 is 1.94 bits per heavy atom. The number of carbonyl (C=O) groups is 1. The number of hydrogen-bond acceptors (Lipinski definition) is 6. The molecular weight excluding hydrogens is 537 g/mol. The molecule has 2 aliphatic rings. The van der Waals surface area contributed by atoms with Crippen LogP contribution in [0.5, 0.6) is 11.5 Å². The van der Waals surface area contributed by atoms with Crippen molar-refractivity contribution in [1.82, 2.24) is 25.4 Å². The van der Waals surface area contributed by atoms with Crippen LogP contribution in [0.15, 0.2) is 23.2 Å². The predicted molar refractivity (Wildman–Crippen MR) is 136 cm³/mol. The number of rotatable bonds is 5. The average molecular weight is 569 g/mol. The quantitative estimate of drug-likeness (QED) is 0.288. The maximum absolute atomic E-state index is 12.3. The van der Waals surface area contributed by atoms with E-state index in [1.54, 1.807) is 0 Å². The zero-order valence-corrected chi connectivity index (χ0v) is 21.6. The van der Waals surface area contributed by atoms with Gasteiger partial charge in [0.15, 0.2) is 23.3 Å². The van der Waals surface area contributed by atoms with Gasteiger partial charge in [0.1, 0.15) is 12.4 Å². The smallest absolute Gasteiger partial charge is 0.239 e. The summed E-state index contributed by atoms with van der Waals surface area (Å²) in [7, 11) is 0. The fourth-order valence-electron chi connectivity index (χ4n) is 3.62. The lowest BCUT2D eigenvalue weighted by molar-refractivity contribution is -0.121. The first kappa shape index (κ1) is 25.1. The minimum Gasteiger partial charge on any atom is -0.490 e. The number of anilines is 1. The summed E-state index contributed by atoms with van der Waals surface area (Å²) in [5, 5.41) is 17.8. The lowest BCUT2D eigenvalue weighted by Crippen LogP contribution is -2.46. The van der Waals surface area contributed by atoms with Crippen molar-refractivity contribution in [3.8, 4) is 11.5 Å². The number of aryl methyl sites for hydroxylation is 1. The lowest BCUT2D eigenvalue weighted by Gasteiger charge is -2.21. The van der Waals surface area contributed by atoms with Gasteiger partial charge in [0.25, 0.3) is 0 Å². The molecule has 0 unspecified atom stereocenters. The number of amides is 1. The zero-order chi connectivity index (χ0) is 22.6. The van der Waals surface area contributed by atoms with Crippen LogP contribution < -0.4 is 25.4 Å². The van der Waals surface area contributed by atoms with Crippen molar-refractivity contribution >= 4 is 41.5 Å². The van der Waals surface area contributed by atoms with E-state index < -0.39 is 0 Å². The second kappa shape index (κ2) is 11.0. The topological polar surface area (TPSA) is 115 Å². The molecule has 180 valence electrons. The summed E-state index contributed by atoms with van der Waals surface area (Å²) in [6, 6.07) is 5.65. The Balaban J connectivity index is 0.00000306. The molecule has 10 nitrogen and oxygen atoms in total. The number of hydrogen-bond donors (Lipinski definition) is 3. The molecule has 0 radical (unpaired) electrons. The molecule has 1 aromatic carbocycles. The highest BCUT2D eigenvalue weighted by atomic mass is 127. The maximum Gasteiger partial charge on any atom is 0.239 e. The maximum atomic E-state index is 12.3. The summed E-state index contributed by atoms with van der Waals surface area (Å²) >= 11 is 0. The van der Waals surface area contributed by atoms with Crippen molar-refractivity contribution in [2.45, 2.75) is 58.7 Å². The number of aliphatic imine (C=N–C) groups is 1. The van der Waals surface area contributed by atoms with E-state index in [0.29, 0.717) is 31.5 Å². The van der Waals surface area contributed by atoms with Gasteiger partial charge in [-0.25, -0.2) is 4.99 Å². The van der Waals surface area contributed by atoms with Crippen LogP contribution in [0.3, 0.4) is 0 Å². The van der Waals surface area contributed by atoms with Gasteiger partial charge in [0.05, 0.1) is 19.8 Å². The van der Waals surface area contributed by atoms with Crippen LogP contribution in [0.4, 0.5) is 5.69 Å². The van der Waals surface area contributed by atoms with Crippen molar-refractivity contribution in [3.63, 3.8) is 0 Å². The second-order valence-electron chi connectivity index (χ2n) is 8.94. The molecule has 3 heterocycles. The molecule has 4 rings (SSSR count). The molecule has 11 heteroatoms.